The van der Waals surface area contributed by atoms with Gasteiger partial charge in [-0.05, 0) is 33.1 Å². The number of ether oxygens (including phenoxy) is 1. The molecule has 0 aromatic carbocycles. The molecule has 1 atom stereocenters. The molecule has 0 N–H and O–H groups in total. The minimum Gasteiger partial charge on any atom is -0.355 e. The van der Waals surface area contributed by atoms with Crippen LogP contribution in [0.25, 0.3) is 0 Å². The molecule has 80 valence electrons. The number of carbonyl (C=O) groups is 1. The van der Waals surface area contributed by atoms with Crippen molar-refractivity contribution in [2.75, 3.05) is 0 Å². The Labute approximate surface area is 89.5 Å². The predicted molar refractivity (Wildman–Crippen MR) is 58.7 cm³/mol. The average molecular weight is 215 g/mol. The molecule has 1 unspecified atom stereocenters. The second kappa shape index (κ2) is 4.84. The van der Waals surface area contributed by atoms with Gasteiger partial charge in [-0.1, -0.05) is 11.8 Å². The SMILES string of the molecule is CC(C)OC1SC=CN(C(C)C)C1=O. The van der Waals surface area contributed by atoms with Gasteiger partial charge >= 0.3 is 0 Å². The maximum absolute atomic E-state index is 11.8. The highest BCUT2D eigenvalue weighted by Gasteiger charge is 2.29. The summed E-state index contributed by atoms with van der Waals surface area (Å²) in [5, 5.41) is 1.91. The van der Waals surface area contributed by atoms with E-state index in [-0.39, 0.29) is 23.5 Å². The molecular formula is C10H17NO2S. The van der Waals surface area contributed by atoms with Crippen LogP contribution >= 0.6 is 11.8 Å². The molecule has 0 aromatic rings. The van der Waals surface area contributed by atoms with Gasteiger partial charge in [0.2, 0.25) is 0 Å². The number of rotatable bonds is 3. The van der Waals surface area contributed by atoms with Crippen LogP contribution in [0.15, 0.2) is 11.6 Å². The Morgan fingerprint density at radius 2 is 2.07 bits per heavy atom. The molecule has 1 aliphatic heterocycles. The first-order chi connectivity index (χ1) is 6.52. The zero-order chi connectivity index (χ0) is 10.7. The third kappa shape index (κ3) is 2.75. The summed E-state index contributed by atoms with van der Waals surface area (Å²) in [6.07, 6.45) is 1.90. The molecule has 1 rings (SSSR count). The van der Waals surface area contributed by atoms with E-state index in [0.717, 1.165) is 0 Å². The lowest BCUT2D eigenvalue weighted by molar-refractivity contribution is -0.138. The van der Waals surface area contributed by atoms with Gasteiger partial charge in [0.1, 0.15) is 0 Å². The first kappa shape index (κ1) is 11.6. The molecule has 0 spiro atoms. The molecule has 4 heteroatoms. The number of thioether (sulfide) groups is 1. The highest BCUT2D eigenvalue weighted by atomic mass is 32.2. The molecule has 0 saturated carbocycles. The normalized spacial score (nSPS) is 22.6. The molecule has 0 bridgehead atoms. The molecule has 0 aliphatic carbocycles. The largest absolute Gasteiger partial charge is 0.355 e. The lowest BCUT2D eigenvalue weighted by atomic mass is 10.3. The van der Waals surface area contributed by atoms with E-state index in [1.165, 1.54) is 11.8 Å². The van der Waals surface area contributed by atoms with Gasteiger partial charge in [-0.2, -0.15) is 0 Å². The van der Waals surface area contributed by atoms with Gasteiger partial charge in [0, 0.05) is 12.2 Å². The van der Waals surface area contributed by atoms with Gasteiger partial charge in [0.05, 0.1) is 6.10 Å². The van der Waals surface area contributed by atoms with E-state index in [4.69, 9.17) is 4.74 Å². The molecular weight excluding hydrogens is 198 g/mol. The topological polar surface area (TPSA) is 29.5 Å². The van der Waals surface area contributed by atoms with E-state index in [1.807, 2.05) is 39.3 Å². The van der Waals surface area contributed by atoms with Crippen molar-refractivity contribution >= 4 is 17.7 Å². The van der Waals surface area contributed by atoms with Crippen LogP contribution in [-0.4, -0.2) is 28.4 Å². The quantitative estimate of drug-likeness (QED) is 0.722. The number of amides is 1. The second-order valence-electron chi connectivity index (χ2n) is 3.78. The molecule has 0 radical (unpaired) electrons. The summed E-state index contributed by atoms with van der Waals surface area (Å²) in [5.41, 5.74) is -0.373. The van der Waals surface area contributed by atoms with Crippen LogP contribution < -0.4 is 0 Å². The van der Waals surface area contributed by atoms with E-state index in [1.54, 1.807) is 4.90 Å². The van der Waals surface area contributed by atoms with Gasteiger partial charge in [-0.15, -0.1) is 0 Å². The van der Waals surface area contributed by atoms with Crippen LogP contribution in [0.1, 0.15) is 27.7 Å². The zero-order valence-corrected chi connectivity index (χ0v) is 9.88. The van der Waals surface area contributed by atoms with Crippen LogP contribution in [0.4, 0.5) is 0 Å². The molecule has 1 heterocycles. The Morgan fingerprint density at radius 1 is 1.43 bits per heavy atom. The Kier molecular flexibility index (Phi) is 4.01. The van der Waals surface area contributed by atoms with Crippen LogP contribution in [0.5, 0.6) is 0 Å². The van der Waals surface area contributed by atoms with Gasteiger partial charge in [-0.3, -0.25) is 4.79 Å². The molecule has 0 saturated heterocycles. The number of carbonyl (C=O) groups excluding carboxylic acids is 1. The van der Waals surface area contributed by atoms with Gasteiger partial charge in [-0.25, -0.2) is 0 Å². The Hall–Kier alpha value is -0.480. The predicted octanol–water partition coefficient (Wildman–Crippen LogP) is 2.19. The maximum atomic E-state index is 11.8. The smallest absolute Gasteiger partial charge is 0.266 e. The van der Waals surface area contributed by atoms with Crippen LogP contribution in [0, 0.1) is 0 Å². The molecule has 0 aromatic heterocycles. The van der Waals surface area contributed by atoms with Crippen molar-refractivity contribution in [2.24, 2.45) is 0 Å². The number of hydrogen-bond acceptors (Lipinski definition) is 3. The van der Waals surface area contributed by atoms with Crippen molar-refractivity contribution < 1.29 is 9.53 Å². The second-order valence-corrected chi connectivity index (χ2v) is 4.75. The first-order valence-electron chi connectivity index (χ1n) is 4.82. The van der Waals surface area contributed by atoms with Crippen molar-refractivity contribution in [3.8, 4) is 0 Å². The monoisotopic (exact) mass is 215 g/mol. The Morgan fingerprint density at radius 3 is 2.57 bits per heavy atom. The van der Waals surface area contributed by atoms with Crippen LogP contribution in [0.3, 0.4) is 0 Å². The summed E-state index contributed by atoms with van der Waals surface area (Å²) >= 11 is 1.43. The summed E-state index contributed by atoms with van der Waals surface area (Å²) in [5.74, 6) is 0.0428. The minimum atomic E-state index is -0.373. The highest BCUT2D eigenvalue weighted by molar-refractivity contribution is 8.03. The van der Waals surface area contributed by atoms with Crippen molar-refractivity contribution in [1.82, 2.24) is 4.90 Å². The summed E-state index contributed by atoms with van der Waals surface area (Å²) in [6, 6.07) is 0.193. The fourth-order valence-electron chi connectivity index (χ4n) is 1.19. The third-order valence-corrected chi connectivity index (χ3v) is 2.67. The molecule has 1 amide bonds. The van der Waals surface area contributed by atoms with Crippen molar-refractivity contribution in [1.29, 1.82) is 0 Å². The zero-order valence-electron chi connectivity index (χ0n) is 9.06. The van der Waals surface area contributed by atoms with Gasteiger partial charge < -0.3 is 9.64 Å². The lowest BCUT2D eigenvalue weighted by Gasteiger charge is -2.30. The lowest BCUT2D eigenvalue weighted by Crippen LogP contribution is -2.42. The van der Waals surface area contributed by atoms with E-state index >= 15 is 0 Å². The fourth-order valence-corrected chi connectivity index (χ4v) is 2.06. The highest BCUT2D eigenvalue weighted by Crippen LogP contribution is 2.24. The molecule has 1 aliphatic rings. The van der Waals surface area contributed by atoms with Gasteiger partial charge in [0.25, 0.3) is 5.91 Å². The van der Waals surface area contributed by atoms with Crippen LogP contribution in [0.2, 0.25) is 0 Å². The van der Waals surface area contributed by atoms with Crippen LogP contribution in [-0.2, 0) is 9.53 Å². The number of nitrogens with zero attached hydrogens (tertiary/aromatic N) is 1. The van der Waals surface area contributed by atoms with Gasteiger partial charge in [0.15, 0.2) is 5.44 Å². The fraction of sp³-hybridized carbons (Fsp3) is 0.700. The number of hydrogen-bond donors (Lipinski definition) is 0. The molecule has 3 nitrogen and oxygen atoms in total. The van der Waals surface area contributed by atoms with E-state index in [9.17, 15) is 4.79 Å². The Bertz CT molecular complexity index is 238. The van der Waals surface area contributed by atoms with Crippen molar-refractivity contribution in [2.45, 2.75) is 45.3 Å². The van der Waals surface area contributed by atoms with Crippen molar-refractivity contribution in [3.05, 3.63) is 11.6 Å². The Balaban J connectivity index is 2.65. The van der Waals surface area contributed by atoms with E-state index in [0.29, 0.717) is 0 Å². The minimum absolute atomic E-state index is 0.0428. The summed E-state index contributed by atoms with van der Waals surface area (Å²) in [4.78, 5) is 13.5. The molecule has 14 heavy (non-hydrogen) atoms. The van der Waals surface area contributed by atoms with E-state index in [2.05, 4.69) is 0 Å². The first-order valence-corrected chi connectivity index (χ1v) is 5.76. The summed E-state index contributed by atoms with van der Waals surface area (Å²) in [6.45, 7) is 7.85. The average Bonchev–Trinajstić information content (AvgIpc) is 2.07. The standard InChI is InChI=1S/C10H17NO2S/c1-7(2)11-5-6-14-10(9(11)12)13-8(3)4/h5-8,10H,1-4H3. The van der Waals surface area contributed by atoms with Crippen molar-refractivity contribution in [3.63, 3.8) is 0 Å². The summed E-state index contributed by atoms with van der Waals surface area (Å²) < 4.78 is 5.50. The third-order valence-electron chi connectivity index (χ3n) is 1.83. The van der Waals surface area contributed by atoms with E-state index < -0.39 is 0 Å². The maximum Gasteiger partial charge on any atom is 0.266 e. The summed E-state index contributed by atoms with van der Waals surface area (Å²) in [7, 11) is 0. The molecule has 0 fully saturated rings.